The van der Waals surface area contributed by atoms with Gasteiger partial charge in [-0.1, -0.05) is 17.7 Å². The van der Waals surface area contributed by atoms with E-state index in [1.165, 1.54) is 0 Å². The normalized spacial score (nSPS) is 18.4. The Morgan fingerprint density at radius 3 is 2.41 bits per heavy atom. The first-order valence-corrected chi connectivity index (χ1v) is 11.2. The molecule has 174 valence electrons. The lowest BCUT2D eigenvalue weighted by Crippen LogP contribution is -2.42. The minimum atomic E-state index is -0.791. The highest BCUT2D eigenvalue weighted by atomic mass is 16.5. The number of amides is 2. The van der Waals surface area contributed by atoms with Crippen LogP contribution in [-0.4, -0.2) is 42.5 Å². The first-order valence-electron chi connectivity index (χ1n) is 11.2. The fourth-order valence-corrected chi connectivity index (χ4v) is 3.97. The number of hydrazine groups is 1. The van der Waals surface area contributed by atoms with Crippen molar-refractivity contribution in [1.29, 1.82) is 0 Å². The minimum absolute atomic E-state index is 0.288. The lowest BCUT2D eigenvalue weighted by atomic mass is 9.99. The Hall–Kier alpha value is -4.13. The van der Waals surface area contributed by atoms with Crippen LogP contribution in [0.2, 0.25) is 0 Å². The molecule has 1 fully saturated rings. The summed E-state index contributed by atoms with van der Waals surface area (Å²) in [6, 6.07) is 21.1. The van der Waals surface area contributed by atoms with Crippen LogP contribution in [0.3, 0.4) is 0 Å². The summed E-state index contributed by atoms with van der Waals surface area (Å²) in [5, 5.41) is 2.93. The maximum atomic E-state index is 13.0. The highest BCUT2D eigenvalue weighted by Gasteiger charge is 2.47. The van der Waals surface area contributed by atoms with Gasteiger partial charge in [-0.05, 0) is 74.5 Å². The Morgan fingerprint density at radius 2 is 1.76 bits per heavy atom. The smallest absolute Gasteiger partial charge is 0.304 e. The maximum Gasteiger partial charge on any atom is 0.304 e. The topological polar surface area (TPSA) is 79.7 Å². The van der Waals surface area contributed by atoms with E-state index in [2.05, 4.69) is 10.7 Å². The second-order valence-corrected chi connectivity index (χ2v) is 8.05. The van der Waals surface area contributed by atoms with Crippen molar-refractivity contribution in [2.24, 2.45) is 0 Å². The van der Waals surface area contributed by atoms with Gasteiger partial charge in [0.2, 0.25) is 12.3 Å². The molecular weight excluding hydrogens is 430 g/mol. The molecule has 0 unspecified atom stereocenters. The molecule has 7 nitrogen and oxygen atoms in total. The van der Waals surface area contributed by atoms with Gasteiger partial charge >= 0.3 is 5.91 Å². The molecule has 34 heavy (non-hydrogen) atoms. The van der Waals surface area contributed by atoms with Gasteiger partial charge in [-0.3, -0.25) is 9.59 Å². The number of nitrogens with one attached hydrogen (secondary N) is 2. The number of hydrogen-bond acceptors (Lipinski definition) is 4. The molecular formula is C27H28N3O4+. The molecule has 1 aliphatic heterocycles. The van der Waals surface area contributed by atoms with Crippen molar-refractivity contribution in [2.45, 2.75) is 25.9 Å². The maximum absolute atomic E-state index is 13.0. The van der Waals surface area contributed by atoms with Gasteiger partial charge in [0.1, 0.15) is 11.5 Å². The number of hydrogen-bond donors (Lipinski definition) is 2. The monoisotopic (exact) mass is 458 g/mol. The van der Waals surface area contributed by atoms with E-state index in [1.54, 1.807) is 23.9 Å². The van der Waals surface area contributed by atoms with Gasteiger partial charge in [0, 0.05) is 16.7 Å². The fraction of sp³-hybridized carbons (Fsp3) is 0.222. The zero-order valence-corrected chi connectivity index (χ0v) is 19.4. The number of hydrazone groups is 1. The van der Waals surface area contributed by atoms with Gasteiger partial charge in [0.05, 0.1) is 13.7 Å². The van der Waals surface area contributed by atoms with Crippen LogP contribution in [0.15, 0.2) is 72.8 Å². The van der Waals surface area contributed by atoms with Gasteiger partial charge < -0.3 is 14.8 Å². The predicted octanol–water partition coefficient (Wildman–Crippen LogP) is 3.42. The van der Waals surface area contributed by atoms with E-state index < -0.39 is 12.1 Å². The summed E-state index contributed by atoms with van der Waals surface area (Å²) in [5.41, 5.74) is 6.12. The predicted molar refractivity (Wildman–Crippen MR) is 129 cm³/mol. The largest absolute Gasteiger partial charge is 0.497 e. The van der Waals surface area contributed by atoms with E-state index in [4.69, 9.17) is 9.47 Å². The average Bonchev–Trinajstić information content (AvgIpc) is 3.14. The second-order valence-electron chi connectivity index (χ2n) is 8.05. The van der Waals surface area contributed by atoms with Crippen LogP contribution in [0.1, 0.15) is 40.0 Å². The van der Waals surface area contributed by atoms with E-state index in [9.17, 15) is 9.59 Å². The van der Waals surface area contributed by atoms with Crippen molar-refractivity contribution in [3.63, 3.8) is 0 Å². The Kier molecular flexibility index (Phi) is 6.92. The number of carbonyl (C=O) groups excluding carboxylic acids is 2. The minimum Gasteiger partial charge on any atom is -0.497 e. The molecule has 1 aliphatic rings. The van der Waals surface area contributed by atoms with Gasteiger partial charge in [-0.15, -0.1) is 10.1 Å². The summed E-state index contributed by atoms with van der Waals surface area (Å²) in [4.78, 5) is 26.0. The van der Waals surface area contributed by atoms with Crippen molar-refractivity contribution >= 4 is 18.0 Å². The zero-order chi connectivity index (χ0) is 24.1. The number of nitrogens with zero attached hydrogens (tertiary/aromatic N) is 1. The fourth-order valence-electron chi connectivity index (χ4n) is 3.97. The molecule has 1 saturated heterocycles. The Balaban J connectivity index is 1.68. The summed E-state index contributed by atoms with van der Waals surface area (Å²) in [7, 11) is 1.60. The number of methoxy groups -OCH3 is 1. The zero-order valence-electron chi connectivity index (χ0n) is 19.4. The van der Waals surface area contributed by atoms with E-state index >= 15 is 0 Å². The quantitative estimate of drug-likeness (QED) is 0.532. The molecule has 1 heterocycles. The molecule has 0 radical (unpaired) electrons. The van der Waals surface area contributed by atoms with Crippen molar-refractivity contribution in [3.8, 4) is 11.5 Å². The number of rotatable bonds is 7. The van der Waals surface area contributed by atoms with Crippen LogP contribution in [0, 0.1) is 6.92 Å². The Bertz CT molecular complexity index is 1200. The van der Waals surface area contributed by atoms with Crippen LogP contribution in [-0.2, 0) is 4.79 Å². The molecule has 2 amide bonds. The van der Waals surface area contributed by atoms with E-state index in [0.717, 1.165) is 22.4 Å². The van der Waals surface area contributed by atoms with Crippen molar-refractivity contribution in [2.75, 3.05) is 13.7 Å². The molecule has 3 aromatic rings. The SMILES string of the molecule is CCOc1ccc(/C=[N+]2\NC(=O)[C@H](NC(=O)c3cccc(C)c3)[C@H]2c2ccc(OC)cc2)cc1. The standard InChI is InChI=1S/C27H27N3O4/c1-4-34-23-12-8-19(9-13-23)17-30-25(20-10-14-22(33-3)15-11-20)24(27(32)29-30)28-26(31)21-7-5-6-18(2)16-21/h5-17,24-25H,4H2,1-3H3,(H-,28,29,31,32)/p+1/b30-17-/t24-,25-/m1/s1. The Morgan fingerprint density at radius 1 is 1.06 bits per heavy atom. The van der Waals surface area contributed by atoms with Crippen LogP contribution in [0.25, 0.3) is 0 Å². The highest BCUT2D eigenvalue weighted by molar-refractivity contribution is 5.98. The second kappa shape index (κ2) is 10.2. The molecule has 0 aromatic heterocycles. The van der Waals surface area contributed by atoms with E-state index in [0.29, 0.717) is 17.9 Å². The van der Waals surface area contributed by atoms with Gasteiger partial charge in [0.25, 0.3) is 5.91 Å². The molecule has 0 aliphatic carbocycles. The molecule has 0 bridgehead atoms. The van der Waals surface area contributed by atoms with Crippen molar-refractivity contribution in [3.05, 3.63) is 95.1 Å². The summed E-state index contributed by atoms with van der Waals surface area (Å²) < 4.78 is 12.5. The molecule has 2 atom stereocenters. The summed E-state index contributed by atoms with van der Waals surface area (Å²) in [6.45, 7) is 4.45. The lowest BCUT2D eigenvalue weighted by Gasteiger charge is -2.15. The number of aryl methyl sites for hydroxylation is 1. The molecule has 4 rings (SSSR count). The molecule has 0 spiro atoms. The van der Waals surface area contributed by atoms with Gasteiger partial charge in [-0.2, -0.15) is 0 Å². The summed E-state index contributed by atoms with van der Waals surface area (Å²) >= 11 is 0. The first-order chi connectivity index (χ1) is 16.5. The molecule has 3 aromatic carbocycles. The van der Waals surface area contributed by atoms with Crippen molar-refractivity contribution < 1.29 is 23.7 Å². The van der Waals surface area contributed by atoms with Crippen LogP contribution >= 0.6 is 0 Å². The number of ether oxygens (including phenoxy) is 2. The number of carbonyl (C=O) groups is 2. The Labute approximate surface area is 199 Å². The van der Waals surface area contributed by atoms with E-state index in [-0.39, 0.29) is 11.8 Å². The lowest BCUT2D eigenvalue weighted by molar-refractivity contribution is -0.596. The van der Waals surface area contributed by atoms with Crippen LogP contribution in [0.5, 0.6) is 11.5 Å². The molecule has 0 saturated carbocycles. The summed E-state index contributed by atoms with van der Waals surface area (Å²) in [5.74, 6) is 0.901. The third kappa shape index (κ3) is 5.09. The third-order valence-corrected chi connectivity index (χ3v) is 5.64. The molecule has 7 heteroatoms. The van der Waals surface area contributed by atoms with E-state index in [1.807, 2.05) is 80.7 Å². The van der Waals surface area contributed by atoms with Crippen molar-refractivity contribution in [1.82, 2.24) is 10.7 Å². The highest BCUT2D eigenvalue weighted by Crippen LogP contribution is 2.27. The summed E-state index contributed by atoms with van der Waals surface area (Å²) in [6.07, 6.45) is 1.85. The number of benzene rings is 3. The molecule has 2 N–H and O–H groups in total. The average molecular weight is 459 g/mol. The van der Waals surface area contributed by atoms with Crippen LogP contribution in [0.4, 0.5) is 0 Å². The third-order valence-electron chi connectivity index (χ3n) is 5.64. The van der Waals surface area contributed by atoms with Gasteiger partial charge in [0.15, 0.2) is 6.04 Å². The van der Waals surface area contributed by atoms with Crippen LogP contribution < -0.4 is 20.2 Å². The van der Waals surface area contributed by atoms with Gasteiger partial charge in [-0.25, -0.2) is 0 Å². The first kappa shape index (κ1) is 23.0.